The molecule has 0 fully saturated rings. The molecule has 0 saturated heterocycles. The minimum Gasteiger partial charge on any atom is -0.481 e. The maximum Gasteiger partial charge on any atom is 0.297 e. The van der Waals surface area contributed by atoms with Crippen molar-refractivity contribution in [3.8, 4) is 34.5 Å². The summed E-state index contributed by atoms with van der Waals surface area (Å²) in [6.07, 6.45) is 0.290. The average molecular weight is 542 g/mol. The highest BCUT2D eigenvalue weighted by atomic mass is 32.1. The monoisotopic (exact) mass is 541 g/mol. The number of hydrogen-bond donors (Lipinski definition) is 1. The summed E-state index contributed by atoms with van der Waals surface area (Å²) in [6.45, 7) is 0.150. The summed E-state index contributed by atoms with van der Waals surface area (Å²) >= 11 is 1.50. The number of rotatable bonds is 8. The first-order valence-corrected chi connectivity index (χ1v) is 12.7. The minimum absolute atomic E-state index is 0.00931. The summed E-state index contributed by atoms with van der Waals surface area (Å²) in [5.41, 5.74) is 3.15. The number of aromatic amines is 1. The number of nitrogens with zero attached hydrogens (tertiary/aromatic N) is 4. The molecule has 11 heteroatoms. The predicted octanol–water partition coefficient (Wildman–Crippen LogP) is 5.41. The van der Waals surface area contributed by atoms with Crippen molar-refractivity contribution in [3.63, 3.8) is 0 Å². The first-order valence-electron chi connectivity index (χ1n) is 11.9. The highest BCUT2D eigenvalue weighted by molar-refractivity contribution is 7.18. The topological polar surface area (TPSA) is 116 Å². The van der Waals surface area contributed by atoms with Gasteiger partial charge in [0.1, 0.15) is 17.4 Å². The van der Waals surface area contributed by atoms with Crippen LogP contribution >= 0.6 is 11.3 Å². The normalized spacial score (nSPS) is 11.1. The molecule has 0 spiro atoms. The Bertz CT molecular complexity index is 1820. The van der Waals surface area contributed by atoms with Crippen molar-refractivity contribution in [3.05, 3.63) is 105 Å². The smallest absolute Gasteiger partial charge is 0.297 e. The molecule has 0 unspecified atom stereocenters. The van der Waals surface area contributed by atoms with E-state index in [1.807, 2.05) is 48.5 Å². The number of ether oxygens (including phenoxy) is 2. The number of H-pyrrole nitrogens is 1. The third kappa shape index (κ3) is 5.25. The zero-order chi connectivity index (χ0) is 26.8. The molecule has 9 nitrogen and oxygen atoms in total. The lowest BCUT2D eigenvalue weighted by Gasteiger charge is -2.09. The zero-order valence-electron chi connectivity index (χ0n) is 20.6. The molecule has 0 aliphatic rings. The number of fused-ring (bicyclic) bond motifs is 1. The number of aromatic nitrogens is 5. The van der Waals surface area contributed by atoms with E-state index in [0.29, 0.717) is 12.3 Å². The van der Waals surface area contributed by atoms with E-state index in [1.54, 1.807) is 12.1 Å². The average Bonchev–Trinajstić information content (AvgIpc) is 3.59. The van der Waals surface area contributed by atoms with Crippen molar-refractivity contribution in [1.29, 1.82) is 0 Å². The zero-order valence-corrected chi connectivity index (χ0v) is 21.4. The van der Waals surface area contributed by atoms with Crippen LogP contribution in [0.15, 0.2) is 82.0 Å². The number of halogens is 1. The third-order valence-electron chi connectivity index (χ3n) is 5.86. The van der Waals surface area contributed by atoms with E-state index < -0.39 is 5.56 Å². The van der Waals surface area contributed by atoms with Crippen molar-refractivity contribution in [2.45, 2.75) is 13.0 Å². The molecule has 3 aromatic carbocycles. The van der Waals surface area contributed by atoms with Crippen molar-refractivity contribution in [1.82, 2.24) is 25.1 Å². The molecule has 6 rings (SSSR count). The summed E-state index contributed by atoms with van der Waals surface area (Å²) in [6, 6.07) is 21.7. The van der Waals surface area contributed by atoms with Crippen LogP contribution in [0.2, 0.25) is 0 Å². The first kappa shape index (κ1) is 24.4. The van der Waals surface area contributed by atoms with Crippen LogP contribution in [-0.4, -0.2) is 32.3 Å². The Morgan fingerprint density at radius 2 is 1.77 bits per heavy atom. The van der Waals surface area contributed by atoms with Crippen LogP contribution in [-0.2, 0) is 13.0 Å². The Hall–Kier alpha value is -4.90. The molecule has 0 amide bonds. The van der Waals surface area contributed by atoms with Gasteiger partial charge in [-0.05, 0) is 41.0 Å². The Balaban J connectivity index is 1.26. The van der Waals surface area contributed by atoms with Crippen LogP contribution in [0, 0.1) is 5.82 Å². The molecular formula is C28H20FN5O4S. The molecule has 0 aliphatic carbocycles. The Labute approximate surface area is 224 Å². The van der Waals surface area contributed by atoms with Gasteiger partial charge in [0.2, 0.25) is 11.6 Å². The van der Waals surface area contributed by atoms with E-state index in [9.17, 15) is 9.18 Å². The van der Waals surface area contributed by atoms with E-state index in [-0.39, 0.29) is 35.8 Å². The van der Waals surface area contributed by atoms with Crippen LogP contribution in [0.3, 0.4) is 0 Å². The fourth-order valence-corrected chi connectivity index (χ4v) is 4.96. The van der Waals surface area contributed by atoms with Crippen LogP contribution in [0.4, 0.5) is 4.39 Å². The summed E-state index contributed by atoms with van der Waals surface area (Å²) in [5.74, 6) is 0.000617. The lowest BCUT2D eigenvalue weighted by atomic mass is 10.1. The molecule has 6 aromatic rings. The molecule has 3 heterocycles. The highest BCUT2D eigenvalue weighted by Gasteiger charge is 2.22. The summed E-state index contributed by atoms with van der Waals surface area (Å²) in [4.78, 5) is 24.2. The molecule has 0 aliphatic heterocycles. The fourth-order valence-electron chi connectivity index (χ4n) is 3.97. The van der Waals surface area contributed by atoms with Crippen LogP contribution in [0.1, 0.15) is 16.5 Å². The number of benzene rings is 3. The Morgan fingerprint density at radius 1 is 0.974 bits per heavy atom. The second-order valence-electron chi connectivity index (χ2n) is 8.50. The molecule has 3 aromatic heterocycles. The van der Waals surface area contributed by atoms with Gasteiger partial charge in [0, 0.05) is 0 Å². The number of nitrogens with one attached hydrogen (secondary N) is 1. The van der Waals surface area contributed by atoms with Gasteiger partial charge in [-0.1, -0.05) is 48.5 Å². The van der Waals surface area contributed by atoms with Gasteiger partial charge in [0.05, 0.1) is 23.7 Å². The molecule has 194 valence electrons. The number of thiazole rings is 1. The van der Waals surface area contributed by atoms with E-state index in [0.717, 1.165) is 31.9 Å². The Kier molecular flexibility index (Phi) is 6.55. The second kappa shape index (κ2) is 10.5. The quantitative estimate of drug-likeness (QED) is 0.272. The van der Waals surface area contributed by atoms with Crippen molar-refractivity contribution in [2.24, 2.45) is 0 Å². The fraction of sp³-hybridized carbons (Fsp3) is 0.107. The molecule has 0 saturated carbocycles. The minimum atomic E-state index is -0.532. The molecular weight excluding hydrogens is 521 g/mol. The molecule has 1 N–H and O–H groups in total. The summed E-state index contributed by atoms with van der Waals surface area (Å²) in [5, 5.41) is 9.02. The van der Waals surface area contributed by atoms with E-state index in [4.69, 9.17) is 13.9 Å². The highest BCUT2D eigenvalue weighted by Crippen LogP contribution is 2.31. The maximum absolute atomic E-state index is 13.3. The second-order valence-corrected chi connectivity index (χ2v) is 9.62. The predicted molar refractivity (Wildman–Crippen MR) is 143 cm³/mol. The van der Waals surface area contributed by atoms with Gasteiger partial charge in [-0.15, -0.1) is 21.5 Å². The number of hydrogen-bond acceptors (Lipinski definition) is 9. The Morgan fingerprint density at radius 3 is 2.56 bits per heavy atom. The molecule has 0 radical (unpaired) electrons. The van der Waals surface area contributed by atoms with E-state index in [2.05, 4.69) is 25.1 Å². The lowest BCUT2D eigenvalue weighted by Crippen LogP contribution is -2.15. The van der Waals surface area contributed by atoms with Crippen molar-refractivity contribution < 1.29 is 18.3 Å². The van der Waals surface area contributed by atoms with Crippen LogP contribution < -0.4 is 15.0 Å². The van der Waals surface area contributed by atoms with Crippen LogP contribution in [0.5, 0.6) is 11.8 Å². The van der Waals surface area contributed by atoms with Crippen molar-refractivity contribution in [2.75, 3.05) is 7.11 Å². The number of methoxy groups -OCH3 is 1. The van der Waals surface area contributed by atoms with Gasteiger partial charge >= 0.3 is 0 Å². The van der Waals surface area contributed by atoms with Gasteiger partial charge < -0.3 is 13.9 Å². The SMILES string of the molecule is COc1nc(-c2nnc(Cc3nc4ccc(-c5ccc(F)cc5)cc4s3)o2)c(OCc2ccccc2)c(=O)[nH]1. The van der Waals surface area contributed by atoms with Gasteiger partial charge in [0.25, 0.3) is 17.5 Å². The molecule has 39 heavy (non-hydrogen) atoms. The van der Waals surface area contributed by atoms with E-state index in [1.165, 1.54) is 30.6 Å². The largest absolute Gasteiger partial charge is 0.481 e. The third-order valence-corrected chi connectivity index (χ3v) is 6.87. The van der Waals surface area contributed by atoms with Crippen molar-refractivity contribution >= 4 is 21.6 Å². The summed E-state index contributed by atoms with van der Waals surface area (Å²) < 4.78 is 31.1. The standard InChI is InChI=1S/C28H20FN5O4S/c1-36-28-31-24(25(26(35)32-28)37-15-16-5-3-2-4-6-16)27-34-33-22(38-27)14-23-30-20-12-9-18(13-21(20)39-23)17-7-10-19(29)11-8-17/h2-13H,14-15H2,1H3,(H,31,32,35). The van der Waals surface area contributed by atoms with E-state index >= 15 is 0 Å². The molecule has 0 bridgehead atoms. The van der Waals surface area contributed by atoms with Gasteiger partial charge in [-0.2, -0.15) is 4.98 Å². The van der Waals surface area contributed by atoms with Crippen LogP contribution in [0.25, 0.3) is 32.9 Å². The van der Waals surface area contributed by atoms with Gasteiger partial charge in [-0.25, -0.2) is 9.37 Å². The summed E-state index contributed by atoms with van der Waals surface area (Å²) in [7, 11) is 1.39. The van der Waals surface area contributed by atoms with Gasteiger partial charge in [-0.3, -0.25) is 9.78 Å². The lowest BCUT2D eigenvalue weighted by molar-refractivity contribution is 0.296. The first-order chi connectivity index (χ1) is 19.1. The maximum atomic E-state index is 13.3. The van der Waals surface area contributed by atoms with Gasteiger partial charge in [0.15, 0.2) is 5.69 Å². The molecule has 0 atom stereocenters.